The Kier molecular flexibility index (Phi) is 6.41. The highest BCUT2D eigenvalue weighted by molar-refractivity contribution is 5.95. The van der Waals surface area contributed by atoms with E-state index in [1.165, 1.54) is 0 Å². The Morgan fingerprint density at radius 1 is 1.29 bits per heavy atom. The summed E-state index contributed by atoms with van der Waals surface area (Å²) in [6.45, 7) is 2.72. The number of nitrogens with two attached hydrogens (primary N) is 1. The zero-order chi connectivity index (χ0) is 15.9. The zero-order valence-electron chi connectivity index (χ0n) is 11.6. The SMILES string of the molecule is CCCCOCCOc1nc(C(F)(F)F)ccc1C(N)=O. The van der Waals surface area contributed by atoms with E-state index in [1.807, 2.05) is 6.92 Å². The summed E-state index contributed by atoms with van der Waals surface area (Å²) in [6, 6.07) is 1.64. The number of nitrogens with zero attached hydrogens (tertiary/aromatic N) is 1. The van der Waals surface area contributed by atoms with Crippen LogP contribution in [0, 0.1) is 0 Å². The Morgan fingerprint density at radius 2 is 2.00 bits per heavy atom. The molecule has 0 spiro atoms. The van der Waals surface area contributed by atoms with Crippen LogP contribution in [-0.4, -0.2) is 30.7 Å². The summed E-state index contributed by atoms with van der Waals surface area (Å²) in [7, 11) is 0. The largest absolute Gasteiger partial charge is 0.475 e. The molecule has 21 heavy (non-hydrogen) atoms. The summed E-state index contributed by atoms with van der Waals surface area (Å²) < 4.78 is 48.0. The molecule has 0 aliphatic carbocycles. The molecule has 118 valence electrons. The molecular weight excluding hydrogens is 289 g/mol. The minimum absolute atomic E-state index is 0.0156. The van der Waals surface area contributed by atoms with Crippen molar-refractivity contribution in [1.82, 2.24) is 4.98 Å². The maximum Gasteiger partial charge on any atom is 0.433 e. The molecule has 0 atom stereocenters. The number of hydrogen-bond acceptors (Lipinski definition) is 4. The normalized spacial score (nSPS) is 11.4. The predicted octanol–water partition coefficient (Wildman–Crippen LogP) is 2.39. The highest BCUT2D eigenvalue weighted by atomic mass is 19.4. The van der Waals surface area contributed by atoms with E-state index < -0.39 is 23.7 Å². The number of carbonyl (C=O) groups excluding carboxylic acids is 1. The average Bonchev–Trinajstić information content (AvgIpc) is 2.41. The molecular formula is C13H17F3N2O3. The van der Waals surface area contributed by atoms with Gasteiger partial charge in [-0.15, -0.1) is 0 Å². The van der Waals surface area contributed by atoms with Gasteiger partial charge in [0, 0.05) is 6.61 Å². The van der Waals surface area contributed by atoms with Crippen molar-refractivity contribution in [3.63, 3.8) is 0 Å². The minimum Gasteiger partial charge on any atom is -0.475 e. The molecule has 5 nitrogen and oxygen atoms in total. The second-order valence-electron chi connectivity index (χ2n) is 4.23. The molecule has 0 unspecified atom stereocenters. The van der Waals surface area contributed by atoms with Crippen LogP contribution in [0.1, 0.15) is 35.8 Å². The lowest BCUT2D eigenvalue weighted by Gasteiger charge is -2.12. The quantitative estimate of drug-likeness (QED) is 0.748. The summed E-state index contributed by atoms with van der Waals surface area (Å²) in [5.41, 5.74) is 3.73. The summed E-state index contributed by atoms with van der Waals surface area (Å²) >= 11 is 0. The zero-order valence-corrected chi connectivity index (χ0v) is 11.6. The van der Waals surface area contributed by atoms with Crippen molar-refractivity contribution in [1.29, 1.82) is 0 Å². The van der Waals surface area contributed by atoms with Crippen molar-refractivity contribution in [2.75, 3.05) is 19.8 Å². The average molecular weight is 306 g/mol. The molecule has 0 radical (unpaired) electrons. The topological polar surface area (TPSA) is 74.4 Å². The predicted molar refractivity (Wildman–Crippen MR) is 69.0 cm³/mol. The van der Waals surface area contributed by atoms with Crippen LogP contribution in [0.25, 0.3) is 0 Å². The van der Waals surface area contributed by atoms with E-state index in [1.54, 1.807) is 0 Å². The lowest BCUT2D eigenvalue weighted by molar-refractivity contribution is -0.141. The molecule has 0 fully saturated rings. The summed E-state index contributed by atoms with van der Waals surface area (Å²) in [6.07, 6.45) is -2.76. The van der Waals surface area contributed by atoms with Crippen LogP contribution >= 0.6 is 0 Å². The second-order valence-corrected chi connectivity index (χ2v) is 4.23. The van der Waals surface area contributed by atoms with Gasteiger partial charge in [-0.25, -0.2) is 4.98 Å². The van der Waals surface area contributed by atoms with Gasteiger partial charge in [-0.1, -0.05) is 13.3 Å². The lowest BCUT2D eigenvalue weighted by atomic mass is 10.2. The Bertz CT molecular complexity index is 478. The Balaban J connectivity index is 2.71. The number of amides is 1. The minimum atomic E-state index is -4.62. The first-order valence-corrected chi connectivity index (χ1v) is 6.44. The van der Waals surface area contributed by atoms with Crippen LogP contribution < -0.4 is 10.5 Å². The number of primary amides is 1. The first-order valence-electron chi connectivity index (χ1n) is 6.44. The molecule has 1 aromatic rings. The fraction of sp³-hybridized carbons (Fsp3) is 0.538. The maximum atomic E-state index is 12.6. The third-order valence-electron chi connectivity index (χ3n) is 2.52. The number of carbonyl (C=O) groups is 1. The van der Waals surface area contributed by atoms with Crippen LogP contribution in [0.2, 0.25) is 0 Å². The van der Waals surface area contributed by atoms with Crippen LogP contribution in [0.5, 0.6) is 5.88 Å². The van der Waals surface area contributed by atoms with Gasteiger partial charge < -0.3 is 15.2 Å². The van der Waals surface area contributed by atoms with Crippen LogP contribution in [0.4, 0.5) is 13.2 Å². The molecule has 2 N–H and O–H groups in total. The van der Waals surface area contributed by atoms with Gasteiger partial charge in [0.15, 0.2) is 0 Å². The molecule has 0 aliphatic heterocycles. The molecule has 0 bridgehead atoms. The third kappa shape index (κ3) is 5.58. The van der Waals surface area contributed by atoms with E-state index in [4.69, 9.17) is 15.2 Å². The standard InChI is InChI=1S/C13H17F3N2O3/c1-2-3-6-20-7-8-21-12-9(11(17)19)4-5-10(18-12)13(14,15)16/h4-5H,2-3,6-8H2,1H3,(H2,17,19). The number of halogens is 3. The molecule has 1 heterocycles. The van der Waals surface area contributed by atoms with E-state index in [9.17, 15) is 18.0 Å². The van der Waals surface area contributed by atoms with Gasteiger partial charge in [0.05, 0.1) is 6.61 Å². The summed E-state index contributed by atoms with van der Waals surface area (Å²) in [4.78, 5) is 14.4. The first kappa shape index (κ1) is 17.2. The third-order valence-corrected chi connectivity index (χ3v) is 2.52. The Hall–Kier alpha value is -1.83. The van der Waals surface area contributed by atoms with E-state index in [-0.39, 0.29) is 18.8 Å². The second kappa shape index (κ2) is 7.82. The van der Waals surface area contributed by atoms with Gasteiger partial charge in [-0.05, 0) is 18.6 Å². The molecule has 1 amide bonds. The lowest BCUT2D eigenvalue weighted by Crippen LogP contribution is -2.18. The van der Waals surface area contributed by atoms with Crippen molar-refractivity contribution >= 4 is 5.91 Å². The van der Waals surface area contributed by atoms with Crippen LogP contribution in [-0.2, 0) is 10.9 Å². The van der Waals surface area contributed by atoms with Crippen molar-refractivity contribution < 1.29 is 27.4 Å². The number of aromatic nitrogens is 1. The van der Waals surface area contributed by atoms with E-state index in [2.05, 4.69) is 4.98 Å². The van der Waals surface area contributed by atoms with Gasteiger partial charge in [0.1, 0.15) is 17.9 Å². The molecule has 1 rings (SSSR count). The van der Waals surface area contributed by atoms with Gasteiger partial charge in [-0.2, -0.15) is 13.2 Å². The van der Waals surface area contributed by atoms with Gasteiger partial charge in [0.25, 0.3) is 5.91 Å². The van der Waals surface area contributed by atoms with Crippen molar-refractivity contribution in [2.24, 2.45) is 5.73 Å². The van der Waals surface area contributed by atoms with Gasteiger partial charge in [-0.3, -0.25) is 4.79 Å². The van der Waals surface area contributed by atoms with Crippen LogP contribution in [0.3, 0.4) is 0 Å². The number of unbranched alkanes of at least 4 members (excludes halogenated alkanes) is 1. The smallest absolute Gasteiger partial charge is 0.433 e. The number of alkyl halides is 3. The summed E-state index contributed by atoms with van der Waals surface area (Å²) in [5.74, 6) is -1.34. The van der Waals surface area contributed by atoms with Crippen LogP contribution in [0.15, 0.2) is 12.1 Å². The van der Waals surface area contributed by atoms with Gasteiger partial charge >= 0.3 is 6.18 Å². The van der Waals surface area contributed by atoms with E-state index in [0.29, 0.717) is 12.7 Å². The fourth-order valence-corrected chi connectivity index (χ4v) is 1.44. The molecule has 8 heteroatoms. The molecule has 0 aliphatic rings. The van der Waals surface area contributed by atoms with Crippen molar-refractivity contribution in [3.8, 4) is 5.88 Å². The van der Waals surface area contributed by atoms with Crippen molar-refractivity contribution in [3.05, 3.63) is 23.4 Å². The fourth-order valence-electron chi connectivity index (χ4n) is 1.44. The van der Waals surface area contributed by atoms with Crippen molar-refractivity contribution in [2.45, 2.75) is 25.9 Å². The molecule has 1 aromatic heterocycles. The number of rotatable bonds is 8. The molecule has 0 aromatic carbocycles. The Labute approximate surface area is 120 Å². The monoisotopic (exact) mass is 306 g/mol. The maximum absolute atomic E-state index is 12.6. The van der Waals surface area contributed by atoms with E-state index >= 15 is 0 Å². The molecule has 0 saturated carbocycles. The highest BCUT2D eigenvalue weighted by Gasteiger charge is 2.33. The van der Waals surface area contributed by atoms with E-state index in [0.717, 1.165) is 18.9 Å². The first-order chi connectivity index (χ1) is 9.86. The Morgan fingerprint density at radius 3 is 2.57 bits per heavy atom. The van der Waals surface area contributed by atoms with Gasteiger partial charge in [0.2, 0.25) is 5.88 Å². The number of ether oxygens (including phenoxy) is 2. The number of pyridine rings is 1. The highest BCUT2D eigenvalue weighted by Crippen LogP contribution is 2.30. The molecule has 0 saturated heterocycles. The summed E-state index contributed by atoms with van der Waals surface area (Å²) in [5, 5.41) is 0. The number of hydrogen-bond donors (Lipinski definition) is 1.